The molecule has 6 aromatic rings. The van der Waals surface area contributed by atoms with E-state index in [1.54, 1.807) is 12.1 Å². The highest BCUT2D eigenvalue weighted by Crippen LogP contribution is 2.50. The zero-order valence-corrected chi connectivity index (χ0v) is 45.6. The number of ether oxygens (including phenoxy) is 2. The molecule has 15 nitrogen and oxygen atoms in total. The third-order valence-electron chi connectivity index (χ3n) is 14.0. The Hall–Kier alpha value is -8.14. The van der Waals surface area contributed by atoms with Gasteiger partial charge in [-0.3, -0.25) is 29.5 Å². The van der Waals surface area contributed by atoms with Crippen molar-refractivity contribution < 1.29 is 38.3 Å². The largest absolute Gasteiger partial charge is 0.508 e. The van der Waals surface area contributed by atoms with E-state index in [1.165, 1.54) is 39.9 Å². The molecule has 1 aliphatic heterocycles. The number of aryl methyl sites for hydroxylation is 2. The Morgan fingerprint density at radius 2 is 1.40 bits per heavy atom. The van der Waals surface area contributed by atoms with Crippen molar-refractivity contribution >= 4 is 52.1 Å². The lowest BCUT2D eigenvalue weighted by Crippen LogP contribution is -2.48. The van der Waals surface area contributed by atoms with Gasteiger partial charge in [0.2, 0.25) is 23.6 Å². The maximum Gasteiger partial charge on any atom is 0.242 e. The summed E-state index contributed by atoms with van der Waals surface area (Å²) in [4.78, 5) is 59.2. The van der Waals surface area contributed by atoms with Gasteiger partial charge in [0, 0.05) is 82.3 Å². The number of hydrogen-bond acceptors (Lipinski definition) is 9. The van der Waals surface area contributed by atoms with Gasteiger partial charge in [-0.05, 0) is 82.1 Å². The number of guanidine groups is 1. The summed E-state index contributed by atoms with van der Waals surface area (Å²) in [7, 11) is 2.15. The molecule has 4 amide bonds. The van der Waals surface area contributed by atoms with Crippen molar-refractivity contribution in [2.75, 3.05) is 51.5 Å². The van der Waals surface area contributed by atoms with Crippen LogP contribution in [0.1, 0.15) is 91.1 Å². The lowest BCUT2D eigenvalue weighted by Gasteiger charge is -2.24. The van der Waals surface area contributed by atoms with E-state index < -0.39 is 12.0 Å². The number of fused-ring (bicyclic) bond motifs is 3. The summed E-state index contributed by atoms with van der Waals surface area (Å²) in [5, 5.41) is 23.5. The molecule has 2 heterocycles. The highest BCUT2D eigenvalue weighted by atomic mass is 16.5. The molecule has 0 unspecified atom stereocenters. The molecule has 0 spiro atoms. The topological polar surface area (TPSA) is 201 Å². The van der Waals surface area contributed by atoms with Gasteiger partial charge < -0.3 is 41.2 Å². The first-order valence-electron chi connectivity index (χ1n) is 26.8. The second kappa shape index (κ2) is 28.3. The van der Waals surface area contributed by atoms with E-state index >= 15 is 0 Å². The molecule has 0 aliphatic carbocycles. The maximum absolute atomic E-state index is 14.0. The number of benzene rings is 5. The van der Waals surface area contributed by atoms with Crippen LogP contribution in [0.25, 0.3) is 16.8 Å². The second-order valence-corrected chi connectivity index (χ2v) is 20.1. The van der Waals surface area contributed by atoms with Gasteiger partial charge in [0.25, 0.3) is 0 Å². The number of aliphatic imine (C=N–C) groups is 1. The number of anilines is 1. The van der Waals surface area contributed by atoms with E-state index in [0.717, 1.165) is 33.6 Å². The van der Waals surface area contributed by atoms with Crippen LogP contribution >= 0.6 is 0 Å². The van der Waals surface area contributed by atoms with Gasteiger partial charge in [0.15, 0.2) is 23.9 Å². The smallest absolute Gasteiger partial charge is 0.242 e. The first kappa shape index (κ1) is 57.6. The summed E-state index contributed by atoms with van der Waals surface area (Å²) >= 11 is 0. The number of nitrogens with one attached hydrogen (secondary N) is 4. The zero-order chi connectivity index (χ0) is 55.4. The van der Waals surface area contributed by atoms with Crippen LogP contribution in [0, 0.1) is 13.8 Å². The van der Waals surface area contributed by atoms with Crippen molar-refractivity contribution in [1.29, 1.82) is 0 Å². The van der Waals surface area contributed by atoms with Gasteiger partial charge in [0.05, 0.1) is 25.7 Å². The van der Waals surface area contributed by atoms with Crippen LogP contribution in [0.3, 0.4) is 0 Å². The molecule has 0 saturated carbocycles. The number of pyridine rings is 1. The monoisotopic (exact) mass is 1060 g/mol. The summed E-state index contributed by atoms with van der Waals surface area (Å²) < 4.78 is 13.8. The van der Waals surface area contributed by atoms with Gasteiger partial charge in [-0.2, -0.15) is 4.57 Å². The first-order valence-corrected chi connectivity index (χ1v) is 26.8. The number of phenols is 1. The van der Waals surface area contributed by atoms with Crippen molar-refractivity contribution in [2.24, 2.45) is 10.7 Å². The Morgan fingerprint density at radius 1 is 0.756 bits per heavy atom. The van der Waals surface area contributed by atoms with E-state index in [2.05, 4.69) is 137 Å². The SMILES string of the molecule is Cc1cc(/C=C/C=C2\N(C)c3ccc4ccccc4c3C2(C)C)cc(C)[n+]1CCOCCOCCNC(=O)CCCC(=O)NC(N)=NCCC[C@@H](NC(=O)C(c1ccccc1)c1ccccc1)C(=O)NCc1ccc(O)cc1. The number of aromatic nitrogens is 1. The average molecular weight is 1060 g/mol. The third-order valence-corrected chi connectivity index (χ3v) is 14.0. The first-order chi connectivity index (χ1) is 37.7. The van der Waals surface area contributed by atoms with Crippen LogP contribution in [-0.2, 0) is 47.2 Å². The molecular formula is C63H75N8O7+. The highest BCUT2D eigenvalue weighted by molar-refractivity contribution is 5.97. The second-order valence-electron chi connectivity index (χ2n) is 20.1. The Bertz CT molecular complexity index is 3020. The summed E-state index contributed by atoms with van der Waals surface area (Å²) in [6.07, 6.45) is 7.70. The molecule has 78 heavy (non-hydrogen) atoms. The Balaban J connectivity index is 0.756. The molecule has 1 aliphatic rings. The number of amides is 4. The van der Waals surface area contributed by atoms with Gasteiger partial charge >= 0.3 is 0 Å². The number of rotatable bonds is 26. The minimum atomic E-state index is -0.903. The van der Waals surface area contributed by atoms with Crippen molar-refractivity contribution in [3.8, 4) is 5.75 Å². The van der Waals surface area contributed by atoms with E-state index in [1.807, 2.05) is 60.7 Å². The number of nitrogens with zero attached hydrogens (tertiary/aromatic N) is 3. The fourth-order valence-corrected chi connectivity index (χ4v) is 10.1. The van der Waals surface area contributed by atoms with Crippen molar-refractivity contribution in [3.05, 3.63) is 191 Å². The van der Waals surface area contributed by atoms with Gasteiger partial charge in [-0.15, -0.1) is 0 Å². The molecule has 7 rings (SSSR count). The number of aromatic hydroxyl groups is 1. The Kier molecular flexibility index (Phi) is 20.9. The molecule has 15 heteroatoms. The minimum absolute atomic E-state index is 0.0679. The third kappa shape index (κ3) is 16.0. The van der Waals surface area contributed by atoms with Gasteiger partial charge in [-0.1, -0.05) is 129 Å². The Morgan fingerprint density at radius 3 is 2.09 bits per heavy atom. The van der Waals surface area contributed by atoms with Gasteiger partial charge in [-0.25, -0.2) is 0 Å². The molecule has 408 valence electrons. The molecular weight excluding hydrogens is 981 g/mol. The van der Waals surface area contributed by atoms with Gasteiger partial charge in [0.1, 0.15) is 18.4 Å². The zero-order valence-electron chi connectivity index (χ0n) is 45.6. The van der Waals surface area contributed by atoms with Crippen LogP contribution in [-0.4, -0.2) is 87.3 Å². The predicted octanol–water partition coefficient (Wildman–Crippen LogP) is 7.94. The molecule has 7 N–H and O–H groups in total. The van der Waals surface area contributed by atoms with Crippen LogP contribution in [0.4, 0.5) is 5.69 Å². The highest BCUT2D eigenvalue weighted by Gasteiger charge is 2.39. The van der Waals surface area contributed by atoms with E-state index in [0.29, 0.717) is 52.4 Å². The number of carbonyl (C=O) groups is 4. The van der Waals surface area contributed by atoms with E-state index in [-0.39, 0.29) is 73.1 Å². The van der Waals surface area contributed by atoms with Crippen LogP contribution < -0.4 is 36.5 Å². The minimum Gasteiger partial charge on any atom is -0.508 e. The van der Waals surface area contributed by atoms with Crippen molar-refractivity contribution in [1.82, 2.24) is 21.3 Å². The number of nitrogens with two attached hydrogens (primary N) is 1. The molecule has 1 atom stereocenters. The fourth-order valence-electron chi connectivity index (χ4n) is 10.1. The van der Waals surface area contributed by atoms with E-state index in [9.17, 15) is 24.3 Å². The fraction of sp³-hybridized carbons (Fsp3) is 0.333. The lowest BCUT2D eigenvalue weighted by molar-refractivity contribution is -0.710. The maximum atomic E-state index is 14.0. The number of likely N-dealkylation sites (N-methyl/N-ethyl adjacent to an activating group) is 1. The predicted molar refractivity (Wildman–Crippen MR) is 308 cm³/mol. The summed E-state index contributed by atoms with van der Waals surface area (Å²) in [6, 6.07) is 41.8. The molecule has 5 aromatic carbocycles. The number of phenolic OH excluding ortho intramolecular Hbond substituents is 1. The van der Waals surface area contributed by atoms with Crippen LogP contribution in [0.2, 0.25) is 0 Å². The molecule has 0 radical (unpaired) electrons. The lowest BCUT2D eigenvalue weighted by atomic mass is 9.81. The quantitative estimate of drug-likeness (QED) is 0.0135. The molecule has 0 fully saturated rings. The summed E-state index contributed by atoms with van der Waals surface area (Å²) in [5.74, 6) is -1.90. The van der Waals surface area contributed by atoms with Crippen LogP contribution in [0.15, 0.2) is 156 Å². The number of hydrogen-bond donors (Lipinski definition) is 6. The van der Waals surface area contributed by atoms with E-state index in [4.69, 9.17) is 15.2 Å². The number of allylic oxidation sites excluding steroid dienone is 3. The summed E-state index contributed by atoms with van der Waals surface area (Å²) in [5.41, 5.74) is 15.6. The van der Waals surface area contributed by atoms with Crippen molar-refractivity contribution in [3.63, 3.8) is 0 Å². The molecule has 0 bridgehead atoms. The normalized spacial score (nSPS) is 13.9. The molecule has 1 aromatic heterocycles. The van der Waals surface area contributed by atoms with Crippen molar-refractivity contribution in [2.45, 2.75) is 90.3 Å². The summed E-state index contributed by atoms with van der Waals surface area (Å²) in [6.45, 7) is 12.0. The van der Waals surface area contributed by atoms with Crippen LogP contribution in [0.5, 0.6) is 5.75 Å². The molecule has 0 saturated heterocycles. The average Bonchev–Trinajstić information content (AvgIpc) is 3.67. The number of carbonyl (C=O) groups excluding carboxylic acids is 4. The Labute approximate surface area is 458 Å². The standard InChI is InChI=1S/C63H74N8O7/c1-44-41-47(17-14-25-55-63(3,4)59-52-23-13-12-18-48(52)30-33-54(59)70(55)5)42-45(2)71(44)36-38-78-40-39-77-37-35-65-56(73)26-15-27-57(74)69-62(64)66-34-16-24-53(60(75)67-43-46-28-31-51(72)32-29-46)68-61(76)58(49-19-8-6-9-20-49)50-21-10-7-11-22-50/h6-14,17-23,25,28-33,41-42,53,58H,15-16,24,26-27,34-40,43H2,1-5H3,(H6-,64,65,66,67,68,69,72,73,74,75,76)/p+1/t53-/m1/s1.